The van der Waals surface area contributed by atoms with Gasteiger partial charge in [0.05, 0.1) is 0 Å². The van der Waals surface area contributed by atoms with Crippen molar-refractivity contribution in [1.29, 1.82) is 0 Å². The first-order chi connectivity index (χ1) is 9.95. The second-order valence-corrected chi connectivity index (χ2v) is 8.09. The lowest BCUT2D eigenvalue weighted by atomic mass is 10.1. The molecule has 0 bridgehead atoms. The first-order valence-electron chi connectivity index (χ1n) is 6.84. The molecule has 0 fully saturated rings. The molecule has 0 aliphatic rings. The number of hydrogen-bond acceptors (Lipinski definition) is 3. The van der Waals surface area contributed by atoms with Gasteiger partial charge in [0, 0.05) is 37.4 Å². The molecule has 0 aliphatic carbocycles. The van der Waals surface area contributed by atoms with Crippen molar-refractivity contribution in [3.63, 3.8) is 0 Å². The van der Waals surface area contributed by atoms with Crippen LogP contribution in [0.3, 0.4) is 0 Å². The first kappa shape index (κ1) is 17.0. The Morgan fingerprint density at radius 1 is 1.19 bits per heavy atom. The van der Waals surface area contributed by atoms with Crippen molar-refractivity contribution in [3.8, 4) is 5.75 Å². The van der Waals surface area contributed by atoms with Crippen molar-refractivity contribution in [1.82, 2.24) is 5.32 Å². The summed E-state index contributed by atoms with van der Waals surface area (Å²) in [7, 11) is 0. The van der Waals surface area contributed by atoms with Gasteiger partial charge in [-0.15, -0.1) is 11.3 Å². The van der Waals surface area contributed by atoms with Crippen LogP contribution in [0.2, 0.25) is 0 Å². The van der Waals surface area contributed by atoms with Crippen molar-refractivity contribution < 1.29 is 4.74 Å². The van der Waals surface area contributed by atoms with E-state index in [2.05, 4.69) is 81.5 Å². The predicted octanol–water partition coefficient (Wildman–Crippen LogP) is 5.66. The lowest BCUT2D eigenvalue weighted by molar-refractivity contribution is 0.303. The maximum atomic E-state index is 6.08. The van der Waals surface area contributed by atoms with Gasteiger partial charge in [-0.25, -0.2) is 0 Å². The van der Waals surface area contributed by atoms with Crippen LogP contribution in [-0.2, 0) is 13.2 Å². The third-order valence-electron chi connectivity index (χ3n) is 3.00. The Hall–Kier alpha value is -0.360. The summed E-state index contributed by atoms with van der Waals surface area (Å²) in [5.74, 6) is 0.982. The molecule has 0 unspecified atom stereocenters. The van der Waals surface area contributed by atoms with Gasteiger partial charge >= 0.3 is 0 Å². The second-order valence-electron chi connectivity index (χ2n) is 5.27. The van der Waals surface area contributed by atoms with E-state index < -0.39 is 0 Å². The lowest BCUT2D eigenvalue weighted by Crippen LogP contribution is -2.22. The highest BCUT2D eigenvalue weighted by atomic mass is 79.9. The molecule has 0 radical (unpaired) electrons. The van der Waals surface area contributed by atoms with Gasteiger partial charge < -0.3 is 10.1 Å². The van der Waals surface area contributed by atoms with Crippen molar-refractivity contribution in [3.05, 3.63) is 48.5 Å². The predicted molar refractivity (Wildman–Crippen MR) is 97.2 cm³/mol. The molecule has 1 aromatic heterocycles. The monoisotopic (exact) mass is 431 g/mol. The summed E-state index contributed by atoms with van der Waals surface area (Å²) in [6.07, 6.45) is 0. The fourth-order valence-corrected chi connectivity index (χ4v) is 4.01. The number of rotatable bonds is 6. The van der Waals surface area contributed by atoms with Crippen LogP contribution < -0.4 is 10.1 Å². The van der Waals surface area contributed by atoms with Crippen LogP contribution in [-0.4, -0.2) is 6.04 Å². The van der Waals surface area contributed by atoms with Crippen LogP contribution >= 0.6 is 43.2 Å². The highest BCUT2D eigenvalue weighted by molar-refractivity contribution is 9.10. The van der Waals surface area contributed by atoms with Gasteiger partial charge in [0.25, 0.3) is 0 Å². The van der Waals surface area contributed by atoms with Gasteiger partial charge in [0.2, 0.25) is 0 Å². The minimum Gasteiger partial charge on any atom is -0.487 e. The molecule has 0 saturated carbocycles. The lowest BCUT2D eigenvalue weighted by Gasteiger charge is -2.16. The number of thiophene rings is 1. The summed E-state index contributed by atoms with van der Waals surface area (Å²) in [6.45, 7) is 7.79. The Labute approximate surface area is 147 Å². The van der Waals surface area contributed by atoms with Crippen molar-refractivity contribution in [2.24, 2.45) is 0 Å². The van der Waals surface area contributed by atoms with E-state index in [1.165, 1.54) is 10.4 Å². The van der Waals surface area contributed by atoms with Gasteiger partial charge in [0.15, 0.2) is 0 Å². The molecule has 114 valence electrons. The van der Waals surface area contributed by atoms with E-state index in [9.17, 15) is 0 Å². The molecule has 2 rings (SSSR count). The normalized spacial score (nSPS) is 11.1. The Morgan fingerprint density at radius 3 is 2.57 bits per heavy atom. The summed E-state index contributed by atoms with van der Waals surface area (Å²) < 4.78 is 8.28. The van der Waals surface area contributed by atoms with Crippen LogP contribution in [0.25, 0.3) is 0 Å². The van der Waals surface area contributed by atoms with Crippen LogP contribution in [0, 0.1) is 6.92 Å². The van der Waals surface area contributed by atoms with E-state index >= 15 is 0 Å². The second kappa shape index (κ2) is 7.77. The third kappa shape index (κ3) is 5.09. The molecule has 1 N–H and O–H groups in total. The topological polar surface area (TPSA) is 21.3 Å². The standard InChI is InChI=1S/C16H19Br2NOS/c1-10(2)19-7-12-5-13(17)4-11(3)16(12)20-8-15-6-14(18)9-21-15/h4-6,9-10,19H,7-8H2,1-3H3. The Kier molecular flexibility index (Phi) is 6.29. The van der Waals surface area contributed by atoms with Gasteiger partial charge in [-0.1, -0.05) is 29.8 Å². The Morgan fingerprint density at radius 2 is 1.95 bits per heavy atom. The maximum Gasteiger partial charge on any atom is 0.127 e. The number of benzene rings is 1. The fraction of sp³-hybridized carbons (Fsp3) is 0.375. The molecule has 21 heavy (non-hydrogen) atoms. The zero-order valence-electron chi connectivity index (χ0n) is 12.4. The summed E-state index contributed by atoms with van der Waals surface area (Å²) in [5, 5.41) is 5.53. The number of ether oxygens (including phenoxy) is 1. The molecular formula is C16H19Br2NOS. The molecule has 1 aromatic carbocycles. The number of aryl methyl sites for hydroxylation is 1. The molecule has 0 spiro atoms. The smallest absolute Gasteiger partial charge is 0.127 e. The molecule has 0 amide bonds. The largest absolute Gasteiger partial charge is 0.487 e. The zero-order chi connectivity index (χ0) is 15.4. The highest BCUT2D eigenvalue weighted by Gasteiger charge is 2.10. The average Bonchev–Trinajstić information content (AvgIpc) is 2.80. The van der Waals surface area contributed by atoms with Gasteiger partial charge in [-0.2, -0.15) is 0 Å². The molecule has 2 nitrogen and oxygen atoms in total. The molecule has 0 saturated heterocycles. The highest BCUT2D eigenvalue weighted by Crippen LogP contribution is 2.30. The van der Waals surface area contributed by atoms with Crippen molar-refractivity contribution in [2.75, 3.05) is 0 Å². The summed E-state index contributed by atoms with van der Waals surface area (Å²) in [4.78, 5) is 1.21. The van der Waals surface area contributed by atoms with Crippen LogP contribution in [0.15, 0.2) is 32.5 Å². The van der Waals surface area contributed by atoms with E-state index in [1.54, 1.807) is 11.3 Å². The van der Waals surface area contributed by atoms with Crippen LogP contribution in [0.1, 0.15) is 29.9 Å². The average molecular weight is 433 g/mol. The van der Waals surface area contributed by atoms with E-state index in [4.69, 9.17) is 4.74 Å². The number of halogens is 2. The SMILES string of the molecule is Cc1cc(Br)cc(CNC(C)C)c1OCc1cc(Br)cs1. The zero-order valence-corrected chi connectivity index (χ0v) is 16.4. The van der Waals surface area contributed by atoms with Gasteiger partial charge in [-0.05, 0) is 46.6 Å². The molecule has 1 heterocycles. The summed E-state index contributed by atoms with van der Waals surface area (Å²) in [5.41, 5.74) is 2.34. The Bertz CT molecular complexity index is 610. The van der Waals surface area contributed by atoms with Crippen LogP contribution in [0.5, 0.6) is 5.75 Å². The molecule has 0 atom stereocenters. The molecule has 5 heteroatoms. The molecule has 0 aliphatic heterocycles. The summed E-state index contributed by atoms with van der Waals surface area (Å²) >= 11 is 8.75. The minimum absolute atomic E-state index is 0.449. The van der Waals surface area contributed by atoms with E-state index in [0.717, 1.165) is 26.8 Å². The van der Waals surface area contributed by atoms with E-state index in [1.807, 2.05) is 0 Å². The number of hydrogen-bond donors (Lipinski definition) is 1. The first-order valence-corrected chi connectivity index (χ1v) is 9.30. The Balaban J connectivity index is 2.15. The third-order valence-corrected chi connectivity index (χ3v) is 5.13. The minimum atomic E-state index is 0.449. The maximum absolute atomic E-state index is 6.08. The quantitative estimate of drug-likeness (QED) is 0.635. The fourth-order valence-electron chi connectivity index (χ4n) is 2.02. The van der Waals surface area contributed by atoms with Crippen molar-refractivity contribution in [2.45, 2.75) is 40.0 Å². The van der Waals surface area contributed by atoms with Crippen molar-refractivity contribution >= 4 is 43.2 Å². The molecular weight excluding hydrogens is 414 g/mol. The molecule has 2 aromatic rings. The number of nitrogens with one attached hydrogen (secondary N) is 1. The van der Waals surface area contributed by atoms with Crippen LogP contribution in [0.4, 0.5) is 0 Å². The van der Waals surface area contributed by atoms with E-state index in [-0.39, 0.29) is 0 Å². The van der Waals surface area contributed by atoms with Gasteiger partial charge in [-0.3, -0.25) is 0 Å². The van der Waals surface area contributed by atoms with E-state index in [0.29, 0.717) is 12.6 Å². The van der Waals surface area contributed by atoms with Gasteiger partial charge in [0.1, 0.15) is 12.4 Å². The summed E-state index contributed by atoms with van der Waals surface area (Å²) in [6, 6.07) is 6.77.